The summed E-state index contributed by atoms with van der Waals surface area (Å²) in [5, 5.41) is 13.5. The van der Waals surface area contributed by atoms with E-state index in [2.05, 4.69) is 15.2 Å². The Hall–Kier alpha value is -1.13. The summed E-state index contributed by atoms with van der Waals surface area (Å²) in [6.45, 7) is 6.77. The number of nitrogens with zero attached hydrogens (tertiary/aromatic N) is 2. The van der Waals surface area contributed by atoms with Crippen LogP contribution in [-0.4, -0.2) is 68.1 Å². The van der Waals surface area contributed by atoms with Gasteiger partial charge in [0.05, 0.1) is 13.2 Å². The van der Waals surface area contributed by atoms with Crippen LogP contribution in [0.4, 0.5) is 4.39 Å². The van der Waals surface area contributed by atoms with Crippen molar-refractivity contribution in [2.24, 2.45) is 10.4 Å². The molecule has 2 fully saturated rings. The van der Waals surface area contributed by atoms with Gasteiger partial charge in [-0.1, -0.05) is 0 Å². The second-order valence-corrected chi connectivity index (χ2v) is 7.09. The highest BCUT2D eigenvalue weighted by Crippen LogP contribution is 2.38. The van der Waals surface area contributed by atoms with Crippen LogP contribution in [0.2, 0.25) is 0 Å². The van der Waals surface area contributed by atoms with Crippen LogP contribution in [0, 0.1) is 11.2 Å². The lowest BCUT2D eigenvalue weighted by Gasteiger charge is -2.25. The smallest absolute Gasteiger partial charge is 0.194 e. The molecule has 2 unspecified atom stereocenters. The van der Waals surface area contributed by atoms with E-state index >= 15 is 0 Å². The first-order valence-electron chi connectivity index (χ1n) is 9.28. The second kappa shape index (κ2) is 10.4. The van der Waals surface area contributed by atoms with E-state index < -0.39 is 6.10 Å². The van der Waals surface area contributed by atoms with Gasteiger partial charge in [0.1, 0.15) is 24.3 Å². The maximum Gasteiger partial charge on any atom is 0.194 e. The topological polar surface area (TPSA) is 66.3 Å². The number of rotatable bonds is 6. The largest absolute Gasteiger partial charge is 0.491 e. The average Bonchev–Trinajstić information content (AvgIpc) is 3.28. The average molecular weight is 493 g/mol. The highest BCUT2D eigenvalue weighted by Gasteiger charge is 2.42. The maximum atomic E-state index is 12.9. The van der Waals surface area contributed by atoms with E-state index in [0.29, 0.717) is 5.75 Å². The Balaban J connectivity index is 0.00000261. The van der Waals surface area contributed by atoms with Crippen molar-refractivity contribution in [1.29, 1.82) is 0 Å². The molecule has 152 valence electrons. The summed E-state index contributed by atoms with van der Waals surface area (Å²) >= 11 is 0. The predicted molar refractivity (Wildman–Crippen MR) is 113 cm³/mol. The van der Waals surface area contributed by atoms with Gasteiger partial charge < -0.3 is 24.8 Å². The third kappa shape index (κ3) is 6.18. The van der Waals surface area contributed by atoms with Crippen LogP contribution in [0.25, 0.3) is 0 Å². The van der Waals surface area contributed by atoms with Crippen molar-refractivity contribution in [1.82, 2.24) is 10.2 Å². The molecule has 27 heavy (non-hydrogen) atoms. The summed E-state index contributed by atoms with van der Waals surface area (Å²) in [5.41, 5.74) is 0.264. The summed E-state index contributed by atoms with van der Waals surface area (Å²) in [5.74, 6) is 1.05. The van der Waals surface area contributed by atoms with E-state index in [4.69, 9.17) is 9.47 Å². The lowest BCUT2D eigenvalue weighted by molar-refractivity contribution is 0.114. The van der Waals surface area contributed by atoms with E-state index in [0.717, 1.165) is 51.6 Å². The summed E-state index contributed by atoms with van der Waals surface area (Å²) < 4.78 is 23.9. The Morgan fingerprint density at radius 3 is 2.85 bits per heavy atom. The van der Waals surface area contributed by atoms with Crippen molar-refractivity contribution in [3.05, 3.63) is 30.1 Å². The predicted octanol–water partition coefficient (Wildman–Crippen LogP) is 2.26. The normalized spacial score (nSPS) is 23.4. The minimum atomic E-state index is -0.722. The van der Waals surface area contributed by atoms with Gasteiger partial charge >= 0.3 is 0 Å². The number of hydrogen-bond donors (Lipinski definition) is 2. The number of ether oxygens (including phenoxy) is 2. The molecular formula is C19H29FIN3O3. The summed E-state index contributed by atoms with van der Waals surface area (Å²) in [4.78, 5) is 6.83. The van der Waals surface area contributed by atoms with Crippen molar-refractivity contribution in [3.63, 3.8) is 0 Å². The first-order chi connectivity index (χ1) is 12.6. The number of nitrogens with one attached hydrogen (secondary N) is 1. The molecule has 2 aliphatic heterocycles. The van der Waals surface area contributed by atoms with Crippen molar-refractivity contribution in [2.45, 2.75) is 25.9 Å². The molecule has 6 nitrogen and oxygen atoms in total. The first kappa shape index (κ1) is 22.2. The molecule has 0 aliphatic carbocycles. The number of aliphatic hydroxyl groups is 1. The van der Waals surface area contributed by atoms with Gasteiger partial charge in [0.25, 0.3) is 0 Å². The quantitative estimate of drug-likeness (QED) is 0.362. The minimum Gasteiger partial charge on any atom is -0.491 e. The molecule has 1 aromatic rings. The van der Waals surface area contributed by atoms with Crippen molar-refractivity contribution < 1.29 is 19.0 Å². The van der Waals surface area contributed by atoms with Crippen LogP contribution in [0.1, 0.15) is 19.8 Å². The van der Waals surface area contributed by atoms with Gasteiger partial charge in [-0.05, 0) is 44.0 Å². The van der Waals surface area contributed by atoms with Crippen molar-refractivity contribution in [3.8, 4) is 5.75 Å². The van der Waals surface area contributed by atoms with Crippen molar-refractivity contribution in [2.75, 3.05) is 46.0 Å². The molecule has 0 aromatic heterocycles. The van der Waals surface area contributed by atoms with E-state index in [1.54, 1.807) is 12.1 Å². The Kier molecular flexibility index (Phi) is 8.56. The molecule has 2 aliphatic rings. The van der Waals surface area contributed by atoms with Gasteiger partial charge in [-0.2, -0.15) is 0 Å². The van der Waals surface area contributed by atoms with Crippen LogP contribution in [0.3, 0.4) is 0 Å². The number of halogens is 2. The number of guanidine groups is 1. The summed E-state index contributed by atoms with van der Waals surface area (Å²) in [6.07, 6.45) is 1.50. The third-order valence-corrected chi connectivity index (χ3v) is 4.97. The lowest BCUT2D eigenvalue weighted by Crippen LogP contribution is -2.42. The Morgan fingerprint density at radius 1 is 1.41 bits per heavy atom. The van der Waals surface area contributed by atoms with Gasteiger partial charge in [-0.15, -0.1) is 24.0 Å². The summed E-state index contributed by atoms with van der Waals surface area (Å²) in [6, 6.07) is 5.75. The fourth-order valence-electron chi connectivity index (χ4n) is 3.48. The number of likely N-dealkylation sites (tertiary alicyclic amines) is 1. The zero-order chi connectivity index (χ0) is 18.4. The van der Waals surface area contributed by atoms with Crippen LogP contribution < -0.4 is 10.1 Å². The fourth-order valence-corrected chi connectivity index (χ4v) is 3.48. The van der Waals surface area contributed by atoms with Gasteiger partial charge in [-0.25, -0.2) is 4.39 Å². The van der Waals surface area contributed by atoms with E-state index in [-0.39, 0.29) is 48.4 Å². The summed E-state index contributed by atoms with van der Waals surface area (Å²) in [7, 11) is 0. The highest BCUT2D eigenvalue weighted by molar-refractivity contribution is 14.0. The van der Waals surface area contributed by atoms with Crippen LogP contribution in [-0.2, 0) is 4.74 Å². The van der Waals surface area contributed by atoms with E-state index in [1.165, 1.54) is 12.1 Å². The Bertz CT molecular complexity index is 609. The highest BCUT2D eigenvalue weighted by atomic mass is 127. The first-order valence-corrected chi connectivity index (χ1v) is 9.28. The molecule has 2 heterocycles. The fraction of sp³-hybridized carbons (Fsp3) is 0.632. The van der Waals surface area contributed by atoms with Crippen LogP contribution >= 0.6 is 24.0 Å². The molecule has 8 heteroatoms. The number of benzene rings is 1. The molecule has 2 saturated heterocycles. The standard InChI is InChI=1S/C19H28FN3O3.HI/c1-2-21-18(23-9-7-19(13-23)8-10-25-14-19)22-11-16(24)12-26-17-5-3-15(20)4-6-17;/h3-6,16,24H,2,7-14H2,1H3,(H,21,22);1H. The second-order valence-electron chi connectivity index (χ2n) is 7.09. The lowest BCUT2D eigenvalue weighted by atomic mass is 9.87. The van der Waals surface area contributed by atoms with Crippen LogP contribution in [0.5, 0.6) is 5.75 Å². The molecule has 1 spiro atoms. The van der Waals surface area contributed by atoms with Gasteiger partial charge in [0.2, 0.25) is 0 Å². The molecule has 3 rings (SSSR count). The molecular weight excluding hydrogens is 464 g/mol. The zero-order valence-electron chi connectivity index (χ0n) is 15.7. The van der Waals surface area contributed by atoms with Gasteiger partial charge in [0.15, 0.2) is 5.96 Å². The molecule has 0 amide bonds. The SMILES string of the molecule is CCNC(=NCC(O)COc1ccc(F)cc1)N1CCC2(CCOC2)C1.I. The Labute approximate surface area is 177 Å². The number of hydrogen-bond acceptors (Lipinski definition) is 4. The molecule has 1 aromatic carbocycles. The molecule has 0 saturated carbocycles. The van der Waals surface area contributed by atoms with Crippen LogP contribution in [0.15, 0.2) is 29.3 Å². The van der Waals surface area contributed by atoms with Crippen molar-refractivity contribution >= 4 is 29.9 Å². The number of aliphatic hydroxyl groups excluding tert-OH is 1. The van der Waals surface area contributed by atoms with E-state index in [9.17, 15) is 9.50 Å². The van der Waals surface area contributed by atoms with E-state index in [1.807, 2.05) is 6.92 Å². The molecule has 2 atom stereocenters. The van der Waals surface area contributed by atoms with Gasteiger partial charge in [-0.3, -0.25) is 4.99 Å². The molecule has 0 bridgehead atoms. The maximum absolute atomic E-state index is 12.9. The number of aliphatic imine (C=N–C) groups is 1. The molecule has 0 radical (unpaired) electrons. The Morgan fingerprint density at radius 2 is 2.19 bits per heavy atom. The zero-order valence-corrected chi connectivity index (χ0v) is 18.0. The minimum absolute atomic E-state index is 0. The van der Waals surface area contributed by atoms with Gasteiger partial charge in [0, 0.05) is 31.7 Å². The monoisotopic (exact) mass is 493 g/mol. The molecule has 2 N–H and O–H groups in total. The third-order valence-electron chi connectivity index (χ3n) is 4.97.